The van der Waals surface area contributed by atoms with Crippen molar-refractivity contribution < 1.29 is 9.90 Å². The molecule has 0 saturated heterocycles. The normalized spacial score (nSPS) is 12.4. The van der Waals surface area contributed by atoms with E-state index in [0.29, 0.717) is 6.42 Å². The van der Waals surface area contributed by atoms with Crippen LogP contribution in [0.1, 0.15) is 78.1 Å². The highest BCUT2D eigenvalue weighted by molar-refractivity contribution is 5.75. The highest BCUT2D eigenvalue weighted by atomic mass is 16.3. The zero-order valence-electron chi connectivity index (χ0n) is 12.5. The largest absolute Gasteiger partial charge is 0.374 e. The summed E-state index contributed by atoms with van der Waals surface area (Å²) in [6, 6.07) is 0. The first-order chi connectivity index (χ1) is 8.59. The zero-order chi connectivity index (χ0) is 13.8. The molecule has 1 N–H and O–H groups in total. The lowest BCUT2D eigenvalue weighted by molar-refractivity contribution is -0.137. The van der Waals surface area contributed by atoms with Crippen molar-refractivity contribution in [3.8, 4) is 0 Å². The highest BCUT2D eigenvalue weighted by Gasteiger charge is 2.11. The molecular formula is C15H31NO2. The molecule has 0 rings (SSSR count). The Kier molecular flexibility index (Phi) is 11.2. The molecule has 0 heterocycles. The second kappa shape index (κ2) is 11.5. The summed E-state index contributed by atoms with van der Waals surface area (Å²) in [5, 5.41) is 9.24. The summed E-state index contributed by atoms with van der Waals surface area (Å²) < 4.78 is 0. The summed E-state index contributed by atoms with van der Waals surface area (Å²) in [7, 11) is 1.65. The minimum atomic E-state index is -0.670. The number of carbonyl (C=O) groups excluding carboxylic acids is 1. The molecule has 0 aromatic carbocycles. The minimum Gasteiger partial charge on any atom is -0.374 e. The van der Waals surface area contributed by atoms with Crippen LogP contribution in [0.4, 0.5) is 0 Å². The molecule has 0 aliphatic rings. The van der Waals surface area contributed by atoms with E-state index in [1.165, 1.54) is 49.8 Å². The van der Waals surface area contributed by atoms with Gasteiger partial charge in [-0.3, -0.25) is 4.79 Å². The predicted molar refractivity (Wildman–Crippen MR) is 76.3 cm³/mol. The molecule has 0 aromatic rings. The van der Waals surface area contributed by atoms with Gasteiger partial charge in [0.1, 0.15) is 6.23 Å². The molecule has 0 aromatic heterocycles. The number of nitrogens with zero attached hydrogens (tertiary/aromatic N) is 1. The third kappa shape index (κ3) is 9.46. The Hall–Kier alpha value is -0.570. The maximum atomic E-state index is 11.6. The molecule has 0 spiro atoms. The van der Waals surface area contributed by atoms with Crippen molar-refractivity contribution in [1.82, 2.24) is 4.90 Å². The Morgan fingerprint density at radius 2 is 1.44 bits per heavy atom. The third-order valence-corrected chi connectivity index (χ3v) is 3.45. The van der Waals surface area contributed by atoms with E-state index in [4.69, 9.17) is 0 Å². The van der Waals surface area contributed by atoms with Crippen LogP contribution in [0.2, 0.25) is 0 Å². The molecule has 0 bridgehead atoms. The van der Waals surface area contributed by atoms with Crippen LogP contribution < -0.4 is 0 Å². The van der Waals surface area contributed by atoms with E-state index in [1.54, 1.807) is 14.0 Å². The van der Waals surface area contributed by atoms with Crippen LogP contribution >= 0.6 is 0 Å². The van der Waals surface area contributed by atoms with E-state index < -0.39 is 6.23 Å². The van der Waals surface area contributed by atoms with Gasteiger partial charge in [0, 0.05) is 13.5 Å². The molecule has 0 aliphatic heterocycles. The lowest BCUT2D eigenvalue weighted by Gasteiger charge is -2.20. The molecule has 1 unspecified atom stereocenters. The van der Waals surface area contributed by atoms with E-state index >= 15 is 0 Å². The monoisotopic (exact) mass is 257 g/mol. The van der Waals surface area contributed by atoms with Crippen LogP contribution in [0.3, 0.4) is 0 Å². The summed E-state index contributed by atoms with van der Waals surface area (Å²) >= 11 is 0. The van der Waals surface area contributed by atoms with E-state index in [0.717, 1.165) is 12.8 Å². The van der Waals surface area contributed by atoms with Crippen molar-refractivity contribution >= 4 is 5.91 Å². The van der Waals surface area contributed by atoms with E-state index in [2.05, 4.69) is 6.92 Å². The molecule has 1 atom stereocenters. The fourth-order valence-electron chi connectivity index (χ4n) is 1.97. The third-order valence-electron chi connectivity index (χ3n) is 3.45. The van der Waals surface area contributed by atoms with Crippen LogP contribution in [0.15, 0.2) is 0 Å². The maximum absolute atomic E-state index is 11.6. The minimum absolute atomic E-state index is 0.0490. The van der Waals surface area contributed by atoms with E-state index in [1.807, 2.05) is 0 Å². The lowest BCUT2D eigenvalue weighted by Crippen LogP contribution is -2.34. The number of hydrogen-bond acceptors (Lipinski definition) is 2. The van der Waals surface area contributed by atoms with Gasteiger partial charge in [0.25, 0.3) is 0 Å². The molecular weight excluding hydrogens is 226 g/mol. The molecule has 0 aliphatic carbocycles. The summed E-state index contributed by atoms with van der Waals surface area (Å²) in [6.07, 6.45) is 11.2. The Bertz CT molecular complexity index is 205. The number of rotatable bonds is 11. The van der Waals surface area contributed by atoms with Crippen molar-refractivity contribution in [2.24, 2.45) is 0 Å². The average Bonchev–Trinajstić information content (AvgIpc) is 2.35. The SMILES string of the molecule is CCCCCCCCCCCC(=O)N(C)C(C)O. The topological polar surface area (TPSA) is 40.5 Å². The molecule has 0 saturated carbocycles. The van der Waals surface area contributed by atoms with Gasteiger partial charge < -0.3 is 10.0 Å². The van der Waals surface area contributed by atoms with Gasteiger partial charge >= 0.3 is 0 Å². The number of hydrogen-bond donors (Lipinski definition) is 1. The Balaban J connectivity index is 3.27. The quantitative estimate of drug-likeness (QED) is 0.453. The van der Waals surface area contributed by atoms with Crippen LogP contribution in [-0.4, -0.2) is 29.2 Å². The van der Waals surface area contributed by atoms with Gasteiger partial charge in [-0.25, -0.2) is 0 Å². The average molecular weight is 257 g/mol. The van der Waals surface area contributed by atoms with Crippen LogP contribution in [0.25, 0.3) is 0 Å². The van der Waals surface area contributed by atoms with Crippen LogP contribution in [0, 0.1) is 0 Å². The number of carbonyl (C=O) groups is 1. The number of unbranched alkanes of at least 4 members (excludes halogenated alkanes) is 8. The van der Waals surface area contributed by atoms with Crippen LogP contribution in [0.5, 0.6) is 0 Å². The van der Waals surface area contributed by atoms with Crippen LogP contribution in [-0.2, 0) is 4.79 Å². The first-order valence-electron chi connectivity index (χ1n) is 7.53. The standard InChI is InChI=1S/C15H31NO2/c1-4-5-6-7-8-9-10-11-12-13-15(18)16(3)14(2)17/h14,17H,4-13H2,1-3H3. The second-order valence-corrected chi connectivity index (χ2v) is 5.21. The number of aliphatic hydroxyl groups excluding tert-OH is 1. The van der Waals surface area contributed by atoms with Crippen molar-refractivity contribution in [3.05, 3.63) is 0 Å². The Labute approximate surface area is 113 Å². The predicted octanol–water partition coefficient (Wildman–Crippen LogP) is 3.70. The fraction of sp³-hybridized carbons (Fsp3) is 0.933. The first kappa shape index (κ1) is 17.4. The second-order valence-electron chi connectivity index (χ2n) is 5.21. The summed E-state index contributed by atoms with van der Waals surface area (Å²) in [5.74, 6) is 0.0490. The molecule has 108 valence electrons. The smallest absolute Gasteiger partial charge is 0.224 e. The van der Waals surface area contributed by atoms with Crippen molar-refractivity contribution in [2.45, 2.75) is 84.3 Å². The molecule has 18 heavy (non-hydrogen) atoms. The fourth-order valence-corrected chi connectivity index (χ4v) is 1.97. The molecule has 3 heteroatoms. The van der Waals surface area contributed by atoms with Crippen molar-refractivity contribution in [2.75, 3.05) is 7.05 Å². The van der Waals surface area contributed by atoms with Gasteiger partial charge in [-0.15, -0.1) is 0 Å². The van der Waals surface area contributed by atoms with Crippen molar-refractivity contribution in [1.29, 1.82) is 0 Å². The van der Waals surface area contributed by atoms with Gasteiger partial charge in [-0.1, -0.05) is 58.3 Å². The molecule has 0 fully saturated rings. The van der Waals surface area contributed by atoms with E-state index in [-0.39, 0.29) is 5.91 Å². The van der Waals surface area contributed by atoms with Gasteiger partial charge in [-0.2, -0.15) is 0 Å². The van der Waals surface area contributed by atoms with Gasteiger partial charge in [-0.05, 0) is 13.3 Å². The molecule has 0 radical (unpaired) electrons. The highest BCUT2D eigenvalue weighted by Crippen LogP contribution is 2.11. The Morgan fingerprint density at radius 3 is 1.89 bits per heavy atom. The first-order valence-corrected chi connectivity index (χ1v) is 7.53. The lowest BCUT2D eigenvalue weighted by atomic mass is 10.1. The zero-order valence-corrected chi connectivity index (χ0v) is 12.5. The molecule has 1 amide bonds. The number of aliphatic hydroxyl groups is 1. The summed E-state index contributed by atoms with van der Waals surface area (Å²) in [5.41, 5.74) is 0. The van der Waals surface area contributed by atoms with Gasteiger partial charge in [0.15, 0.2) is 0 Å². The summed E-state index contributed by atoms with van der Waals surface area (Å²) in [6.45, 7) is 3.86. The Morgan fingerprint density at radius 1 is 1.00 bits per heavy atom. The molecule has 3 nitrogen and oxygen atoms in total. The van der Waals surface area contributed by atoms with Crippen molar-refractivity contribution in [3.63, 3.8) is 0 Å². The van der Waals surface area contributed by atoms with Gasteiger partial charge in [0.05, 0.1) is 0 Å². The number of amides is 1. The maximum Gasteiger partial charge on any atom is 0.224 e. The van der Waals surface area contributed by atoms with E-state index in [9.17, 15) is 9.90 Å². The summed E-state index contributed by atoms with van der Waals surface area (Å²) in [4.78, 5) is 13.0. The van der Waals surface area contributed by atoms with Gasteiger partial charge in [0.2, 0.25) is 5.91 Å².